The van der Waals surface area contributed by atoms with E-state index in [4.69, 9.17) is 0 Å². The van der Waals surface area contributed by atoms with Gasteiger partial charge in [-0.1, -0.05) is 28.1 Å². The van der Waals surface area contributed by atoms with Crippen molar-refractivity contribution in [2.24, 2.45) is 0 Å². The third-order valence-corrected chi connectivity index (χ3v) is 2.97. The van der Waals surface area contributed by atoms with Gasteiger partial charge in [-0.3, -0.25) is 10.1 Å². The number of rotatable bonds is 7. The van der Waals surface area contributed by atoms with Crippen molar-refractivity contribution in [3.63, 3.8) is 0 Å². The molecule has 0 saturated carbocycles. The first-order valence-corrected chi connectivity index (χ1v) is 6.44. The number of carbonyl (C=O) groups excluding carboxylic acids is 1. The summed E-state index contributed by atoms with van der Waals surface area (Å²) in [5, 5.41) is 10.9. The van der Waals surface area contributed by atoms with Crippen molar-refractivity contribution in [3.05, 3.63) is 56.2 Å². The molecule has 96 valence electrons. The molecule has 0 aliphatic rings. The van der Waals surface area contributed by atoms with E-state index < -0.39 is 0 Å². The van der Waals surface area contributed by atoms with Gasteiger partial charge in [-0.25, -0.2) is 0 Å². The van der Waals surface area contributed by atoms with Crippen molar-refractivity contribution < 1.29 is 9.72 Å². The Morgan fingerprint density at radius 2 is 1.94 bits per heavy atom. The van der Waals surface area contributed by atoms with Gasteiger partial charge in [0.2, 0.25) is 5.70 Å². The van der Waals surface area contributed by atoms with Gasteiger partial charge in [-0.2, -0.15) is 0 Å². The molecule has 0 unspecified atom stereocenters. The maximum atomic E-state index is 10.9. The second kappa shape index (κ2) is 7.76. The molecule has 0 fully saturated rings. The molecule has 0 aliphatic heterocycles. The normalized spacial score (nSPS) is 11.3. The van der Waals surface area contributed by atoms with Crippen LogP contribution in [0.3, 0.4) is 0 Å². The quantitative estimate of drug-likeness (QED) is 0.335. The molecule has 1 aromatic rings. The molecule has 1 rings (SSSR count). The van der Waals surface area contributed by atoms with Crippen LogP contribution in [0.25, 0.3) is 0 Å². The highest BCUT2D eigenvalue weighted by Crippen LogP contribution is 2.14. The van der Waals surface area contributed by atoms with E-state index >= 15 is 0 Å². The van der Waals surface area contributed by atoms with Gasteiger partial charge < -0.3 is 4.79 Å². The molecule has 4 nitrogen and oxygen atoms in total. The number of halogens is 1. The number of carbonyl (C=O) groups is 1. The Bertz CT molecular complexity index is 440. The predicted octanol–water partition coefficient (Wildman–Crippen LogP) is 3.52. The molecule has 0 aromatic heterocycles. The molecule has 0 amide bonds. The highest BCUT2D eigenvalue weighted by Gasteiger charge is 2.10. The lowest BCUT2D eigenvalue weighted by molar-refractivity contribution is -0.427. The van der Waals surface area contributed by atoms with E-state index in [0.29, 0.717) is 25.7 Å². The Morgan fingerprint density at radius 1 is 1.28 bits per heavy atom. The smallest absolute Gasteiger partial charge is 0.246 e. The zero-order valence-corrected chi connectivity index (χ0v) is 11.4. The van der Waals surface area contributed by atoms with Crippen LogP contribution in [0.15, 0.2) is 40.5 Å². The fourth-order valence-electron chi connectivity index (χ4n) is 1.49. The van der Waals surface area contributed by atoms with Gasteiger partial charge in [0.1, 0.15) is 6.29 Å². The molecule has 0 aliphatic carbocycles. The fourth-order valence-corrected chi connectivity index (χ4v) is 1.76. The summed E-state index contributed by atoms with van der Waals surface area (Å²) in [6.45, 7) is 0. The second-order valence-electron chi connectivity index (χ2n) is 3.85. The standard InChI is InChI=1S/C13H14BrNO3/c14-12-7-5-11(6-8-12)10-13(15(17)18)4-2-1-3-9-16/h4-9H,1-3,10H2. The molecule has 0 radical (unpaired) electrons. The lowest BCUT2D eigenvalue weighted by atomic mass is 10.1. The minimum Gasteiger partial charge on any atom is -0.303 e. The predicted molar refractivity (Wildman–Crippen MR) is 72.8 cm³/mol. The number of hydrogen-bond acceptors (Lipinski definition) is 3. The Balaban J connectivity index is 2.65. The number of unbranched alkanes of at least 4 members (excludes halogenated alkanes) is 2. The van der Waals surface area contributed by atoms with Crippen LogP contribution in [0.1, 0.15) is 24.8 Å². The van der Waals surface area contributed by atoms with E-state index in [9.17, 15) is 14.9 Å². The van der Waals surface area contributed by atoms with E-state index in [1.54, 1.807) is 6.08 Å². The van der Waals surface area contributed by atoms with E-state index in [-0.39, 0.29) is 10.6 Å². The van der Waals surface area contributed by atoms with Gasteiger partial charge in [0.15, 0.2) is 0 Å². The van der Waals surface area contributed by atoms with Crippen LogP contribution in [0.2, 0.25) is 0 Å². The number of hydrogen-bond donors (Lipinski definition) is 0. The molecular formula is C13H14BrNO3. The van der Waals surface area contributed by atoms with Crippen LogP contribution in [-0.4, -0.2) is 11.2 Å². The first-order chi connectivity index (χ1) is 8.63. The summed E-state index contributed by atoms with van der Waals surface area (Å²) in [6.07, 6.45) is 4.40. The summed E-state index contributed by atoms with van der Waals surface area (Å²) in [6, 6.07) is 7.43. The Kier molecular flexibility index (Phi) is 6.28. The van der Waals surface area contributed by atoms with Crippen molar-refractivity contribution in [2.45, 2.75) is 25.7 Å². The van der Waals surface area contributed by atoms with Crippen molar-refractivity contribution in [1.29, 1.82) is 0 Å². The van der Waals surface area contributed by atoms with Crippen molar-refractivity contribution in [2.75, 3.05) is 0 Å². The lowest BCUT2D eigenvalue weighted by Crippen LogP contribution is -2.02. The molecule has 1 aromatic carbocycles. The van der Waals surface area contributed by atoms with Gasteiger partial charge in [-0.15, -0.1) is 0 Å². The Morgan fingerprint density at radius 3 is 2.50 bits per heavy atom. The summed E-state index contributed by atoms with van der Waals surface area (Å²) in [4.78, 5) is 20.7. The van der Waals surface area contributed by atoms with Crippen molar-refractivity contribution >= 4 is 22.2 Å². The van der Waals surface area contributed by atoms with E-state index in [2.05, 4.69) is 15.9 Å². The zero-order valence-electron chi connectivity index (χ0n) is 9.84. The molecule has 0 heterocycles. The molecule has 0 saturated heterocycles. The number of benzene rings is 1. The number of aldehydes is 1. The van der Waals surface area contributed by atoms with Crippen LogP contribution in [-0.2, 0) is 11.2 Å². The fraction of sp³-hybridized carbons (Fsp3) is 0.308. The average molecular weight is 312 g/mol. The monoisotopic (exact) mass is 311 g/mol. The van der Waals surface area contributed by atoms with E-state index in [0.717, 1.165) is 16.3 Å². The highest BCUT2D eigenvalue weighted by atomic mass is 79.9. The maximum absolute atomic E-state index is 10.9. The zero-order chi connectivity index (χ0) is 13.4. The minimum atomic E-state index is -0.358. The van der Waals surface area contributed by atoms with Crippen LogP contribution in [0.4, 0.5) is 0 Å². The molecule has 18 heavy (non-hydrogen) atoms. The van der Waals surface area contributed by atoms with Crippen LogP contribution in [0.5, 0.6) is 0 Å². The highest BCUT2D eigenvalue weighted by molar-refractivity contribution is 9.10. The van der Waals surface area contributed by atoms with Crippen LogP contribution < -0.4 is 0 Å². The molecule has 5 heteroatoms. The van der Waals surface area contributed by atoms with Crippen LogP contribution >= 0.6 is 15.9 Å². The molecule has 0 spiro atoms. The van der Waals surface area contributed by atoms with Gasteiger partial charge >= 0.3 is 0 Å². The molecule has 0 bridgehead atoms. The molecule has 0 N–H and O–H groups in total. The third-order valence-electron chi connectivity index (χ3n) is 2.44. The average Bonchev–Trinajstić information content (AvgIpc) is 2.35. The number of nitro groups is 1. The van der Waals surface area contributed by atoms with Crippen molar-refractivity contribution in [1.82, 2.24) is 0 Å². The molecule has 0 atom stereocenters. The van der Waals surface area contributed by atoms with Crippen molar-refractivity contribution in [3.8, 4) is 0 Å². The number of allylic oxidation sites excluding steroid dienone is 2. The summed E-state index contributed by atoms with van der Waals surface area (Å²) >= 11 is 3.32. The topological polar surface area (TPSA) is 60.2 Å². The Labute approximate surface area is 114 Å². The number of nitrogens with zero attached hydrogens (tertiary/aromatic N) is 1. The summed E-state index contributed by atoms with van der Waals surface area (Å²) < 4.78 is 0.948. The van der Waals surface area contributed by atoms with Gasteiger partial charge in [0, 0.05) is 10.9 Å². The largest absolute Gasteiger partial charge is 0.303 e. The van der Waals surface area contributed by atoms with Gasteiger partial charge in [-0.05, 0) is 36.6 Å². The maximum Gasteiger partial charge on any atom is 0.246 e. The SMILES string of the molecule is O=CCCCC=C(Cc1ccc(Br)cc1)[N+](=O)[O-]. The van der Waals surface area contributed by atoms with Crippen LogP contribution in [0, 0.1) is 10.1 Å². The second-order valence-corrected chi connectivity index (χ2v) is 4.77. The Hall–Kier alpha value is -1.49. The minimum absolute atomic E-state index is 0.184. The lowest BCUT2D eigenvalue weighted by Gasteiger charge is -2.00. The summed E-state index contributed by atoms with van der Waals surface area (Å²) in [5.41, 5.74) is 1.08. The van der Waals surface area contributed by atoms with Gasteiger partial charge in [0.25, 0.3) is 0 Å². The summed E-state index contributed by atoms with van der Waals surface area (Å²) in [7, 11) is 0. The third kappa shape index (κ3) is 5.23. The first-order valence-electron chi connectivity index (χ1n) is 5.65. The molecular weight excluding hydrogens is 298 g/mol. The van der Waals surface area contributed by atoms with Gasteiger partial charge in [0.05, 0.1) is 11.3 Å². The van der Waals surface area contributed by atoms with E-state index in [1.807, 2.05) is 24.3 Å². The first kappa shape index (κ1) is 14.6. The van der Waals surface area contributed by atoms with E-state index in [1.165, 1.54) is 0 Å². The summed E-state index contributed by atoms with van der Waals surface area (Å²) in [5.74, 6) is 0.